The largest absolute Gasteiger partial charge is 0.480 e. The highest BCUT2D eigenvalue weighted by Gasteiger charge is 2.45. The highest BCUT2D eigenvalue weighted by Crippen LogP contribution is 2.46. The first kappa shape index (κ1) is 19.9. The van der Waals surface area contributed by atoms with E-state index in [1.807, 2.05) is 0 Å². The third-order valence-corrected chi connectivity index (χ3v) is 3.90. The van der Waals surface area contributed by atoms with Gasteiger partial charge in [0.15, 0.2) is 11.4 Å². The van der Waals surface area contributed by atoms with Crippen LogP contribution in [0.3, 0.4) is 0 Å². The highest BCUT2D eigenvalue weighted by atomic mass is 19.4. The summed E-state index contributed by atoms with van der Waals surface area (Å²) in [5, 5.41) is 8.00. The third-order valence-electron chi connectivity index (χ3n) is 3.90. The van der Waals surface area contributed by atoms with E-state index in [2.05, 4.69) is 20.5 Å². The number of aliphatic imine (C=N–C) groups is 1. The molecule has 2 aromatic rings. The Morgan fingerprint density at radius 1 is 0.964 bits per heavy atom. The predicted molar refractivity (Wildman–Crippen MR) is 88.3 cm³/mol. The van der Waals surface area contributed by atoms with Crippen LogP contribution in [0.15, 0.2) is 35.3 Å². The van der Waals surface area contributed by atoms with Gasteiger partial charge in [0.1, 0.15) is 11.7 Å². The maximum atomic E-state index is 13.3. The molecule has 0 fully saturated rings. The number of ether oxygens (including phenoxy) is 1. The SMILES string of the molecule is CCOC1=Nc2c(C(F)(F)F)nnc(C(F)(F)F)c2N[C@H]1Cc1ccccc1. The number of hydrogen-bond donors (Lipinski definition) is 1. The molecule has 1 aliphatic heterocycles. The van der Waals surface area contributed by atoms with Crippen LogP contribution in [0.4, 0.5) is 37.7 Å². The van der Waals surface area contributed by atoms with Crippen molar-refractivity contribution in [3.8, 4) is 0 Å². The maximum Gasteiger partial charge on any atom is 0.437 e. The van der Waals surface area contributed by atoms with Gasteiger partial charge in [-0.1, -0.05) is 30.3 Å². The minimum absolute atomic E-state index is 0.0765. The van der Waals surface area contributed by atoms with Crippen LogP contribution in [0.5, 0.6) is 0 Å². The van der Waals surface area contributed by atoms with Gasteiger partial charge in [0.25, 0.3) is 0 Å². The van der Waals surface area contributed by atoms with Gasteiger partial charge in [0.2, 0.25) is 5.90 Å². The normalized spacial score (nSPS) is 16.8. The first-order valence-electron chi connectivity index (χ1n) is 8.18. The highest BCUT2D eigenvalue weighted by molar-refractivity contribution is 5.94. The molecule has 2 heterocycles. The van der Waals surface area contributed by atoms with E-state index in [1.54, 1.807) is 37.3 Å². The summed E-state index contributed by atoms with van der Waals surface area (Å²) in [6.07, 6.45) is -9.89. The minimum atomic E-state index is -5.03. The van der Waals surface area contributed by atoms with E-state index in [4.69, 9.17) is 4.74 Å². The van der Waals surface area contributed by atoms with Gasteiger partial charge in [0.05, 0.1) is 12.3 Å². The summed E-state index contributed by atoms with van der Waals surface area (Å²) < 4.78 is 84.9. The number of alkyl halides is 6. The van der Waals surface area contributed by atoms with Crippen molar-refractivity contribution in [3.05, 3.63) is 47.3 Å². The van der Waals surface area contributed by atoms with Crippen molar-refractivity contribution in [1.82, 2.24) is 10.2 Å². The molecule has 0 aliphatic carbocycles. The molecule has 0 unspecified atom stereocenters. The molecule has 3 rings (SSSR count). The maximum absolute atomic E-state index is 13.3. The average molecular weight is 404 g/mol. The van der Waals surface area contributed by atoms with Crippen LogP contribution in [0, 0.1) is 0 Å². The number of hydrogen-bond acceptors (Lipinski definition) is 5. The Bertz CT molecular complexity index is 880. The number of rotatable bonds is 3. The fraction of sp³-hybridized carbons (Fsp3) is 0.353. The van der Waals surface area contributed by atoms with Gasteiger partial charge in [-0.25, -0.2) is 4.99 Å². The summed E-state index contributed by atoms with van der Waals surface area (Å²) in [5.74, 6) is -0.148. The van der Waals surface area contributed by atoms with E-state index in [0.29, 0.717) is 0 Å². The zero-order valence-corrected chi connectivity index (χ0v) is 14.4. The Morgan fingerprint density at radius 3 is 2.14 bits per heavy atom. The van der Waals surface area contributed by atoms with Gasteiger partial charge in [0, 0.05) is 6.42 Å². The molecular formula is C17H14F6N4O. The molecule has 1 N–H and O–H groups in total. The lowest BCUT2D eigenvalue weighted by atomic mass is 10.0. The topological polar surface area (TPSA) is 59.4 Å². The van der Waals surface area contributed by atoms with Crippen molar-refractivity contribution in [2.75, 3.05) is 11.9 Å². The molecule has 5 nitrogen and oxygen atoms in total. The molecule has 28 heavy (non-hydrogen) atoms. The summed E-state index contributed by atoms with van der Waals surface area (Å²) in [6, 6.07) is 7.80. The van der Waals surface area contributed by atoms with E-state index < -0.39 is 41.2 Å². The molecule has 11 heteroatoms. The first-order chi connectivity index (χ1) is 13.1. The van der Waals surface area contributed by atoms with Crippen LogP contribution >= 0.6 is 0 Å². The van der Waals surface area contributed by atoms with E-state index >= 15 is 0 Å². The average Bonchev–Trinajstić information content (AvgIpc) is 2.60. The van der Waals surface area contributed by atoms with Gasteiger partial charge in [-0.05, 0) is 12.5 Å². The zero-order valence-electron chi connectivity index (χ0n) is 14.4. The lowest BCUT2D eigenvalue weighted by molar-refractivity contribution is -0.146. The second kappa shape index (κ2) is 7.28. The summed E-state index contributed by atoms with van der Waals surface area (Å²) in [6.45, 7) is 1.67. The Kier molecular flexibility index (Phi) is 5.18. The van der Waals surface area contributed by atoms with Crippen molar-refractivity contribution in [2.24, 2.45) is 4.99 Å². The van der Waals surface area contributed by atoms with E-state index in [1.165, 1.54) is 0 Å². The number of nitrogens with zero attached hydrogens (tertiary/aromatic N) is 3. The van der Waals surface area contributed by atoms with Gasteiger partial charge < -0.3 is 10.1 Å². The monoisotopic (exact) mass is 404 g/mol. The second-order valence-corrected chi connectivity index (χ2v) is 5.89. The molecule has 0 bridgehead atoms. The van der Waals surface area contributed by atoms with Crippen molar-refractivity contribution in [1.29, 1.82) is 0 Å². The summed E-state index contributed by atoms with van der Waals surface area (Å²) in [5.41, 5.74) is -4.28. The minimum Gasteiger partial charge on any atom is -0.480 e. The number of aromatic nitrogens is 2. The fourth-order valence-corrected chi connectivity index (χ4v) is 2.76. The molecule has 0 radical (unpaired) electrons. The Balaban J connectivity index is 2.14. The van der Waals surface area contributed by atoms with E-state index in [9.17, 15) is 26.3 Å². The summed E-state index contributed by atoms with van der Waals surface area (Å²) in [4.78, 5) is 3.76. The first-order valence-corrected chi connectivity index (χ1v) is 8.18. The number of halogens is 6. The van der Waals surface area contributed by atoms with E-state index in [0.717, 1.165) is 5.56 Å². The lowest BCUT2D eigenvalue weighted by Gasteiger charge is -2.29. The van der Waals surface area contributed by atoms with Crippen molar-refractivity contribution >= 4 is 17.3 Å². The number of fused-ring (bicyclic) bond motifs is 1. The molecule has 0 spiro atoms. The number of anilines is 1. The smallest absolute Gasteiger partial charge is 0.437 e. The van der Waals surface area contributed by atoms with Crippen molar-refractivity contribution in [2.45, 2.75) is 31.7 Å². The van der Waals surface area contributed by atoms with Crippen molar-refractivity contribution in [3.63, 3.8) is 0 Å². The number of nitrogens with one attached hydrogen (secondary N) is 1. The van der Waals surface area contributed by atoms with Gasteiger partial charge in [-0.2, -0.15) is 26.3 Å². The van der Waals surface area contributed by atoms with Gasteiger partial charge in [-0.3, -0.25) is 0 Å². The van der Waals surface area contributed by atoms with Crippen LogP contribution in [0.25, 0.3) is 0 Å². The fourth-order valence-electron chi connectivity index (χ4n) is 2.76. The quantitative estimate of drug-likeness (QED) is 0.759. The summed E-state index contributed by atoms with van der Waals surface area (Å²) >= 11 is 0. The third kappa shape index (κ3) is 4.02. The molecular weight excluding hydrogens is 390 g/mol. The van der Waals surface area contributed by atoms with Crippen molar-refractivity contribution < 1.29 is 31.1 Å². The van der Waals surface area contributed by atoms with Crippen LogP contribution in [0.2, 0.25) is 0 Å². The summed E-state index contributed by atoms with van der Waals surface area (Å²) in [7, 11) is 0. The van der Waals surface area contributed by atoms with E-state index in [-0.39, 0.29) is 18.9 Å². The molecule has 1 aromatic carbocycles. The van der Waals surface area contributed by atoms with Crippen LogP contribution in [-0.4, -0.2) is 28.7 Å². The second-order valence-electron chi connectivity index (χ2n) is 5.89. The lowest BCUT2D eigenvalue weighted by Crippen LogP contribution is -2.37. The molecule has 0 saturated carbocycles. The van der Waals surface area contributed by atoms with Crippen LogP contribution in [0.1, 0.15) is 23.9 Å². The molecule has 1 aliphatic rings. The zero-order chi connectivity index (χ0) is 20.5. The molecule has 1 aromatic heterocycles. The number of benzene rings is 1. The Labute approximate surface area is 155 Å². The predicted octanol–water partition coefficient (Wildman–Crippen LogP) is 4.62. The molecule has 150 valence electrons. The van der Waals surface area contributed by atoms with Crippen LogP contribution in [-0.2, 0) is 23.5 Å². The Morgan fingerprint density at radius 2 is 1.57 bits per heavy atom. The standard InChI is InChI=1S/C17H14F6N4O/c1-2-28-15-10(8-9-6-4-3-5-7-9)24-11-12(25-15)14(17(21,22)23)27-26-13(11)16(18,19)20/h3-7,10,24H,2,8H2,1H3/t10-/m0/s1. The Hall–Kier alpha value is -2.85. The molecule has 0 amide bonds. The van der Waals surface area contributed by atoms with Crippen LogP contribution < -0.4 is 5.32 Å². The van der Waals surface area contributed by atoms with Gasteiger partial charge >= 0.3 is 12.4 Å². The molecule has 1 atom stereocenters. The molecule has 0 saturated heterocycles. The van der Waals surface area contributed by atoms with Gasteiger partial charge in [-0.15, -0.1) is 10.2 Å².